The SMILES string of the molecule is Cc1nc2cc(-c3nc4cc(-c5cc(-c6ccc7c(c6)nc(-c6ccc8oc(C)nc8c6)n7-c6c(C(C)C)cccc6C(C)C)cc(-c6cccc7c6nc(-c6ccc8oc(C)nc8c6)n7-c6c(C(C)C)cccc6C(C)C)c5)ccc4n3-c3c(C(C)C)cccc3C(C)C)ccc2o1. The fourth-order valence-corrected chi connectivity index (χ4v) is 15.1. The summed E-state index contributed by atoms with van der Waals surface area (Å²) < 4.78 is 25.4. The molecule has 6 heterocycles. The molecule has 0 spiro atoms. The van der Waals surface area contributed by atoms with Gasteiger partial charge in [-0.25, -0.2) is 29.9 Å². The second kappa shape index (κ2) is 24.2. The summed E-state index contributed by atoms with van der Waals surface area (Å²) >= 11 is 0. The first-order valence-corrected chi connectivity index (χ1v) is 35.0. The number of hydrogen-bond donors (Lipinski definition) is 0. The van der Waals surface area contributed by atoms with Crippen LogP contribution in [0.25, 0.3) is 151 Å². The highest BCUT2D eigenvalue weighted by Gasteiger charge is 2.29. The number of aromatic nitrogens is 9. The Kier molecular flexibility index (Phi) is 15.4. The maximum atomic E-state index is 6.07. The quantitative estimate of drug-likeness (QED) is 0.0984. The minimum Gasteiger partial charge on any atom is -0.441 e. The maximum absolute atomic E-state index is 6.07. The lowest BCUT2D eigenvalue weighted by atomic mass is 9.91. The van der Waals surface area contributed by atoms with Crippen molar-refractivity contribution in [2.24, 2.45) is 0 Å². The van der Waals surface area contributed by atoms with Gasteiger partial charge in [-0.15, -0.1) is 0 Å². The molecule has 0 fully saturated rings. The molecule has 10 aromatic carbocycles. The van der Waals surface area contributed by atoms with Crippen molar-refractivity contribution >= 4 is 66.4 Å². The Labute approximate surface area is 577 Å². The van der Waals surface area contributed by atoms with Crippen LogP contribution in [0.2, 0.25) is 0 Å². The van der Waals surface area contributed by atoms with E-state index < -0.39 is 0 Å². The first kappa shape index (κ1) is 62.8. The molecule has 0 amide bonds. The van der Waals surface area contributed by atoms with Crippen molar-refractivity contribution in [1.82, 2.24) is 43.6 Å². The molecule has 16 aromatic rings. The molecule has 492 valence electrons. The van der Waals surface area contributed by atoms with E-state index in [-0.39, 0.29) is 35.5 Å². The lowest BCUT2D eigenvalue weighted by Gasteiger charge is -2.22. The third kappa shape index (κ3) is 10.7. The van der Waals surface area contributed by atoms with Crippen molar-refractivity contribution in [2.45, 2.75) is 139 Å². The summed E-state index contributed by atoms with van der Waals surface area (Å²) in [6, 6.07) is 66.4. The van der Waals surface area contributed by atoms with Crippen LogP contribution in [0.4, 0.5) is 0 Å². The minimum absolute atomic E-state index is 0.221. The number of hydrogen-bond acceptors (Lipinski definition) is 9. The lowest BCUT2D eigenvalue weighted by Crippen LogP contribution is -2.08. The molecule has 99 heavy (non-hydrogen) atoms. The van der Waals surface area contributed by atoms with Crippen LogP contribution in [0.3, 0.4) is 0 Å². The molecule has 0 unspecified atom stereocenters. The largest absolute Gasteiger partial charge is 0.441 e. The topological polar surface area (TPSA) is 132 Å². The number of fused-ring (bicyclic) bond motifs is 6. The molecule has 0 aliphatic rings. The van der Waals surface area contributed by atoms with Gasteiger partial charge in [0, 0.05) is 43.0 Å². The van der Waals surface area contributed by atoms with Crippen LogP contribution >= 0.6 is 0 Å². The van der Waals surface area contributed by atoms with Crippen LogP contribution in [-0.2, 0) is 0 Å². The van der Waals surface area contributed by atoms with E-state index in [1.807, 2.05) is 39.0 Å². The molecular weight excluding hydrogens is 1220 g/mol. The monoisotopic (exact) mass is 1300 g/mol. The Morgan fingerprint density at radius 1 is 0.263 bits per heavy atom. The number of imidazole rings is 3. The molecule has 0 N–H and O–H groups in total. The molecule has 0 bridgehead atoms. The van der Waals surface area contributed by atoms with Crippen LogP contribution in [0, 0.1) is 20.8 Å². The highest BCUT2D eigenvalue weighted by molar-refractivity contribution is 6.00. The summed E-state index contributed by atoms with van der Waals surface area (Å²) in [6.45, 7) is 33.1. The van der Waals surface area contributed by atoms with E-state index in [0.717, 1.165) is 151 Å². The normalized spacial score (nSPS) is 12.3. The molecule has 0 aliphatic heterocycles. The van der Waals surface area contributed by atoms with Gasteiger partial charge in [0.05, 0.1) is 50.2 Å². The van der Waals surface area contributed by atoms with Gasteiger partial charge in [0.25, 0.3) is 0 Å². The number of oxazole rings is 3. The fraction of sp³-hybridized carbons (Fsp3) is 0.241. The Morgan fingerprint density at radius 2 is 0.566 bits per heavy atom. The highest BCUT2D eigenvalue weighted by atomic mass is 16.4. The van der Waals surface area contributed by atoms with Gasteiger partial charge in [0.1, 0.15) is 34.0 Å². The van der Waals surface area contributed by atoms with Crippen LogP contribution in [0.5, 0.6) is 0 Å². The van der Waals surface area contributed by atoms with E-state index in [2.05, 4.69) is 261 Å². The number of benzene rings is 10. The van der Waals surface area contributed by atoms with Gasteiger partial charge < -0.3 is 13.3 Å². The number of nitrogens with zero attached hydrogens (tertiary/aromatic N) is 9. The standard InChI is InChI=1S/C87H81N9O3/c1-46(2)63-20-16-21-64(47(3)4)82(63)94-75-33-28-55(41-70(75)91-85(94)57-30-35-78-72(43-57)88-52(13)97-78)60-38-61(56-29-34-76-71(42-56)92-86(58-31-36-79-73(44-58)89-53(14)98-79)95(76)83-65(48(5)6)22-17-23-66(83)49(7)8)40-62(39-60)69-26-19-27-77-81(69)93-87(59-32-37-80-74(45-59)90-54(15)99-80)96(77)84-67(50(9)10)24-18-25-68(84)51(11)12/h16-51H,1-15H3. The third-order valence-electron chi connectivity index (χ3n) is 19.9. The van der Waals surface area contributed by atoms with E-state index in [1.165, 1.54) is 33.4 Å². The highest BCUT2D eigenvalue weighted by Crippen LogP contribution is 2.46. The summed E-state index contributed by atoms with van der Waals surface area (Å²) in [4.78, 5) is 31.7. The predicted octanol–water partition coefficient (Wildman–Crippen LogP) is 23.8. The van der Waals surface area contributed by atoms with Gasteiger partial charge >= 0.3 is 0 Å². The molecule has 12 nitrogen and oxygen atoms in total. The van der Waals surface area contributed by atoms with Gasteiger partial charge in [-0.1, -0.05) is 162 Å². The molecule has 0 radical (unpaired) electrons. The van der Waals surface area contributed by atoms with Crippen molar-refractivity contribution in [3.05, 3.63) is 233 Å². The summed E-state index contributed by atoms with van der Waals surface area (Å²) in [5.41, 5.74) is 30.2. The van der Waals surface area contributed by atoms with Crippen LogP contribution < -0.4 is 0 Å². The van der Waals surface area contributed by atoms with Crippen molar-refractivity contribution in [3.8, 4) is 84.6 Å². The smallest absolute Gasteiger partial charge is 0.192 e. The second-order valence-electron chi connectivity index (χ2n) is 28.7. The van der Waals surface area contributed by atoms with E-state index in [9.17, 15) is 0 Å². The Morgan fingerprint density at radius 3 is 0.919 bits per heavy atom. The zero-order valence-electron chi connectivity index (χ0n) is 59.0. The zero-order valence-corrected chi connectivity index (χ0v) is 59.0. The maximum Gasteiger partial charge on any atom is 0.192 e. The molecule has 16 rings (SSSR count). The summed E-state index contributed by atoms with van der Waals surface area (Å²) in [7, 11) is 0. The molecule has 0 atom stereocenters. The fourth-order valence-electron chi connectivity index (χ4n) is 15.1. The zero-order chi connectivity index (χ0) is 68.6. The number of rotatable bonds is 15. The third-order valence-corrected chi connectivity index (χ3v) is 19.9. The van der Waals surface area contributed by atoms with Crippen LogP contribution in [0.1, 0.15) is 170 Å². The van der Waals surface area contributed by atoms with Gasteiger partial charge in [0.15, 0.2) is 34.4 Å². The predicted molar refractivity (Wildman–Crippen MR) is 404 cm³/mol. The van der Waals surface area contributed by atoms with E-state index in [0.29, 0.717) is 17.7 Å². The van der Waals surface area contributed by atoms with Crippen LogP contribution in [0.15, 0.2) is 195 Å². The van der Waals surface area contributed by atoms with Gasteiger partial charge in [0.2, 0.25) is 0 Å². The van der Waals surface area contributed by atoms with E-state index in [4.69, 9.17) is 43.2 Å². The van der Waals surface area contributed by atoms with Gasteiger partial charge in [-0.2, -0.15) is 0 Å². The van der Waals surface area contributed by atoms with E-state index >= 15 is 0 Å². The number of aryl methyl sites for hydroxylation is 3. The Balaban J connectivity index is 0.964. The summed E-state index contributed by atoms with van der Waals surface area (Å²) in [5.74, 6) is 5.77. The molecule has 6 aromatic heterocycles. The summed E-state index contributed by atoms with van der Waals surface area (Å²) in [6.07, 6.45) is 0. The van der Waals surface area contributed by atoms with E-state index in [1.54, 1.807) is 0 Å². The van der Waals surface area contributed by atoms with Crippen molar-refractivity contribution in [2.75, 3.05) is 0 Å². The average molecular weight is 1300 g/mol. The van der Waals surface area contributed by atoms with Crippen molar-refractivity contribution in [3.63, 3.8) is 0 Å². The van der Waals surface area contributed by atoms with Crippen molar-refractivity contribution < 1.29 is 13.3 Å². The molecule has 0 aliphatic carbocycles. The Bertz CT molecular complexity index is 5570. The van der Waals surface area contributed by atoms with Crippen molar-refractivity contribution in [1.29, 1.82) is 0 Å². The summed E-state index contributed by atoms with van der Waals surface area (Å²) in [5, 5.41) is 0. The molecule has 0 saturated carbocycles. The Hall–Kier alpha value is -11.0. The molecular formula is C87H81N9O3. The first-order valence-electron chi connectivity index (χ1n) is 35.0. The average Bonchev–Trinajstić information content (AvgIpc) is 1.62. The minimum atomic E-state index is 0.221. The first-order chi connectivity index (χ1) is 47.7. The lowest BCUT2D eigenvalue weighted by molar-refractivity contribution is 0.560. The number of para-hydroxylation sites is 4. The molecule has 12 heteroatoms. The molecule has 0 saturated heterocycles. The second-order valence-corrected chi connectivity index (χ2v) is 28.7. The van der Waals surface area contributed by atoms with Gasteiger partial charge in [-0.3, -0.25) is 13.7 Å². The van der Waals surface area contributed by atoms with Gasteiger partial charge in [-0.05, 0) is 200 Å². The van der Waals surface area contributed by atoms with Crippen LogP contribution in [-0.4, -0.2) is 43.6 Å².